The molecule has 0 atom stereocenters. The molecule has 138 valence electrons. The predicted molar refractivity (Wildman–Crippen MR) is 100 cm³/mol. The summed E-state index contributed by atoms with van der Waals surface area (Å²) in [7, 11) is -0.590. The van der Waals surface area contributed by atoms with Crippen LogP contribution >= 0.6 is 0 Å². The van der Waals surface area contributed by atoms with Crippen LogP contribution in [0.5, 0.6) is 0 Å². The largest absolute Gasteiger partial charge is 0.352 e. The van der Waals surface area contributed by atoms with E-state index in [9.17, 15) is 13.2 Å². The minimum atomic E-state index is -3.58. The molecular formula is C19H28N2O3S. The summed E-state index contributed by atoms with van der Waals surface area (Å²) < 4.78 is 26.1. The minimum absolute atomic E-state index is 0.192. The lowest BCUT2D eigenvalue weighted by Gasteiger charge is -2.17. The average molecular weight is 365 g/mol. The number of benzene rings is 1. The zero-order valence-corrected chi connectivity index (χ0v) is 16.4. The SMILES string of the molecule is Cc1cc(C(=O)NCCC2=CCCCC2)cc(S(=O)(=O)N(C)C)c1C. The van der Waals surface area contributed by atoms with Gasteiger partial charge in [0.2, 0.25) is 10.0 Å². The number of carbonyl (C=O) groups is 1. The van der Waals surface area contributed by atoms with Crippen molar-refractivity contribution in [1.29, 1.82) is 0 Å². The molecule has 0 fully saturated rings. The van der Waals surface area contributed by atoms with Gasteiger partial charge in [0.05, 0.1) is 4.90 Å². The molecule has 2 rings (SSSR count). The van der Waals surface area contributed by atoms with Gasteiger partial charge in [-0.2, -0.15) is 0 Å². The molecule has 1 amide bonds. The van der Waals surface area contributed by atoms with Gasteiger partial charge in [0.15, 0.2) is 0 Å². The Morgan fingerprint density at radius 1 is 1.20 bits per heavy atom. The van der Waals surface area contributed by atoms with E-state index < -0.39 is 10.0 Å². The Morgan fingerprint density at radius 2 is 1.92 bits per heavy atom. The topological polar surface area (TPSA) is 66.5 Å². The molecule has 1 aliphatic carbocycles. The molecule has 25 heavy (non-hydrogen) atoms. The Hall–Kier alpha value is -1.66. The van der Waals surface area contributed by atoms with Crippen molar-refractivity contribution in [3.8, 4) is 0 Å². The maximum Gasteiger partial charge on any atom is 0.251 e. The fourth-order valence-corrected chi connectivity index (χ4v) is 4.21. The van der Waals surface area contributed by atoms with E-state index in [2.05, 4.69) is 11.4 Å². The number of hydrogen-bond donors (Lipinski definition) is 1. The number of amides is 1. The van der Waals surface area contributed by atoms with Crippen molar-refractivity contribution in [3.05, 3.63) is 40.5 Å². The Morgan fingerprint density at radius 3 is 2.52 bits per heavy atom. The van der Waals surface area contributed by atoms with E-state index in [4.69, 9.17) is 0 Å². The zero-order valence-electron chi connectivity index (χ0n) is 15.6. The van der Waals surface area contributed by atoms with Crippen LogP contribution in [0, 0.1) is 13.8 Å². The van der Waals surface area contributed by atoms with Crippen LogP contribution in [0.25, 0.3) is 0 Å². The molecule has 5 nitrogen and oxygen atoms in total. The quantitative estimate of drug-likeness (QED) is 0.789. The lowest BCUT2D eigenvalue weighted by atomic mass is 9.97. The first-order chi connectivity index (χ1) is 11.7. The lowest BCUT2D eigenvalue weighted by Crippen LogP contribution is -2.27. The number of allylic oxidation sites excluding steroid dienone is 1. The van der Waals surface area contributed by atoms with E-state index in [1.165, 1.54) is 42.9 Å². The fourth-order valence-electron chi connectivity index (χ4n) is 2.99. The van der Waals surface area contributed by atoms with E-state index in [1.807, 2.05) is 6.92 Å². The number of rotatable bonds is 6. The number of carbonyl (C=O) groups excluding carboxylic acids is 1. The number of aryl methyl sites for hydroxylation is 1. The van der Waals surface area contributed by atoms with Crippen LogP contribution < -0.4 is 5.32 Å². The maximum atomic E-state index is 12.5. The summed E-state index contributed by atoms with van der Waals surface area (Å²) in [6.45, 7) is 4.17. The van der Waals surface area contributed by atoms with Crippen molar-refractivity contribution >= 4 is 15.9 Å². The van der Waals surface area contributed by atoms with Crippen LogP contribution in [0.3, 0.4) is 0 Å². The molecule has 0 spiro atoms. The van der Waals surface area contributed by atoms with Gasteiger partial charge in [-0.25, -0.2) is 12.7 Å². The molecule has 0 heterocycles. The summed E-state index contributed by atoms with van der Waals surface area (Å²) in [5.74, 6) is -0.227. The average Bonchev–Trinajstić information content (AvgIpc) is 2.57. The van der Waals surface area contributed by atoms with Crippen molar-refractivity contribution in [3.63, 3.8) is 0 Å². The Kier molecular flexibility index (Phi) is 6.41. The van der Waals surface area contributed by atoms with Gasteiger partial charge >= 0.3 is 0 Å². The molecule has 6 heteroatoms. The summed E-state index contributed by atoms with van der Waals surface area (Å²) in [6.07, 6.45) is 7.86. The van der Waals surface area contributed by atoms with Crippen LogP contribution in [0.1, 0.15) is 53.6 Å². The van der Waals surface area contributed by atoms with Gasteiger partial charge in [0.25, 0.3) is 5.91 Å². The van der Waals surface area contributed by atoms with Crippen LogP contribution in [-0.4, -0.2) is 39.3 Å². The van der Waals surface area contributed by atoms with Crippen LogP contribution in [0.4, 0.5) is 0 Å². The second-order valence-corrected chi connectivity index (χ2v) is 8.94. The molecular weight excluding hydrogens is 336 g/mol. The standard InChI is InChI=1S/C19H28N2O3S/c1-14-12-17(13-18(15(14)2)25(23,24)21(3)4)19(22)20-11-10-16-8-6-5-7-9-16/h8,12-13H,5-7,9-11H2,1-4H3,(H,20,22). The zero-order chi connectivity index (χ0) is 18.6. The molecule has 1 N–H and O–H groups in total. The molecule has 0 saturated carbocycles. The first-order valence-corrected chi connectivity index (χ1v) is 10.2. The van der Waals surface area contributed by atoms with Crippen molar-refractivity contribution in [1.82, 2.24) is 9.62 Å². The molecule has 0 saturated heterocycles. The van der Waals surface area contributed by atoms with Crippen LogP contribution in [0.15, 0.2) is 28.7 Å². The van der Waals surface area contributed by atoms with Crippen molar-refractivity contribution in [2.24, 2.45) is 0 Å². The van der Waals surface area contributed by atoms with Crippen molar-refractivity contribution in [2.75, 3.05) is 20.6 Å². The molecule has 0 aromatic heterocycles. The van der Waals surface area contributed by atoms with E-state index in [0.717, 1.165) is 24.8 Å². The third-order valence-electron chi connectivity index (χ3n) is 4.76. The monoisotopic (exact) mass is 364 g/mol. The van der Waals surface area contributed by atoms with Gasteiger partial charge in [-0.3, -0.25) is 4.79 Å². The van der Waals surface area contributed by atoms with Gasteiger partial charge in [-0.1, -0.05) is 11.6 Å². The van der Waals surface area contributed by atoms with Gasteiger partial charge in [-0.05, 0) is 69.2 Å². The highest BCUT2D eigenvalue weighted by molar-refractivity contribution is 7.89. The molecule has 0 radical (unpaired) electrons. The predicted octanol–water partition coefficient (Wildman–Crippen LogP) is 3.17. The Labute approximate surface area is 151 Å². The van der Waals surface area contributed by atoms with Crippen LogP contribution in [-0.2, 0) is 10.0 Å². The highest BCUT2D eigenvalue weighted by atomic mass is 32.2. The van der Waals surface area contributed by atoms with E-state index in [1.54, 1.807) is 13.0 Å². The first-order valence-electron chi connectivity index (χ1n) is 8.73. The fraction of sp³-hybridized carbons (Fsp3) is 0.526. The molecule has 0 bridgehead atoms. The highest BCUT2D eigenvalue weighted by Gasteiger charge is 2.22. The van der Waals surface area contributed by atoms with Crippen LogP contribution in [0.2, 0.25) is 0 Å². The number of nitrogens with one attached hydrogen (secondary N) is 1. The Bertz CT molecular complexity index is 780. The summed E-state index contributed by atoms with van der Waals surface area (Å²) in [4.78, 5) is 12.7. The van der Waals surface area contributed by atoms with Crippen molar-refractivity contribution in [2.45, 2.75) is 50.8 Å². The second-order valence-electron chi connectivity index (χ2n) is 6.82. The van der Waals surface area contributed by atoms with Gasteiger partial charge < -0.3 is 5.32 Å². The molecule has 1 aromatic carbocycles. The third-order valence-corrected chi connectivity index (χ3v) is 6.70. The van der Waals surface area contributed by atoms with E-state index >= 15 is 0 Å². The molecule has 1 aromatic rings. The number of hydrogen-bond acceptors (Lipinski definition) is 3. The number of sulfonamides is 1. The summed E-state index contributed by atoms with van der Waals surface area (Å²) in [5, 5.41) is 2.91. The maximum absolute atomic E-state index is 12.5. The van der Waals surface area contributed by atoms with Gasteiger partial charge in [0, 0.05) is 26.2 Å². The van der Waals surface area contributed by atoms with E-state index in [-0.39, 0.29) is 10.8 Å². The summed E-state index contributed by atoms with van der Waals surface area (Å²) >= 11 is 0. The molecule has 0 unspecified atom stereocenters. The third kappa shape index (κ3) is 4.70. The highest BCUT2D eigenvalue weighted by Crippen LogP contribution is 2.23. The van der Waals surface area contributed by atoms with Gasteiger partial charge in [-0.15, -0.1) is 0 Å². The number of nitrogens with zero attached hydrogens (tertiary/aromatic N) is 1. The second kappa shape index (κ2) is 8.15. The summed E-state index contributed by atoms with van der Waals surface area (Å²) in [5.41, 5.74) is 3.27. The Balaban J connectivity index is 2.14. The van der Waals surface area contributed by atoms with Gasteiger partial charge in [0.1, 0.15) is 0 Å². The van der Waals surface area contributed by atoms with Crippen molar-refractivity contribution < 1.29 is 13.2 Å². The van der Waals surface area contributed by atoms with E-state index in [0.29, 0.717) is 17.7 Å². The first kappa shape index (κ1) is 19.7. The smallest absolute Gasteiger partial charge is 0.251 e. The molecule has 1 aliphatic rings. The lowest BCUT2D eigenvalue weighted by molar-refractivity contribution is 0.0953. The summed E-state index contributed by atoms with van der Waals surface area (Å²) in [6, 6.07) is 3.23. The normalized spacial score (nSPS) is 15.2. The molecule has 0 aliphatic heterocycles. The minimum Gasteiger partial charge on any atom is -0.352 e.